The number of anilines is 3. The Labute approximate surface area is 321 Å². The van der Waals surface area contributed by atoms with E-state index in [1.807, 2.05) is 31.3 Å². The van der Waals surface area contributed by atoms with Crippen molar-refractivity contribution in [2.75, 3.05) is 48.4 Å². The summed E-state index contributed by atoms with van der Waals surface area (Å²) in [7, 11) is 0. The summed E-state index contributed by atoms with van der Waals surface area (Å²) in [6.07, 6.45) is 8.21. The van der Waals surface area contributed by atoms with Gasteiger partial charge in [0.25, 0.3) is 17.7 Å². The summed E-state index contributed by atoms with van der Waals surface area (Å²) in [6, 6.07) is 17.6. The van der Waals surface area contributed by atoms with Crippen molar-refractivity contribution in [3.8, 4) is 10.6 Å². The first-order valence-corrected chi connectivity index (χ1v) is 19.2. The maximum Gasteiger partial charge on any atom is 0.265 e. The molecule has 6 heterocycles. The molecule has 2 saturated heterocycles. The summed E-state index contributed by atoms with van der Waals surface area (Å²) in [4.78, 5) is 51.3. The van der Waals surface area contributed by atoms with E-state index in [1.165, 1.54) is 11.3 Å². The van der Waals surface area contributed by atoms with Crippen molar-refractivity contribution >= 4 is 69.3 Å². The lowest BCUT2D eigenvalue weighted by Crippen LogP contribution is -2.63. The maximum absolute atomic E-state index is 14.1. The third-order valence-electron chi connectivity index (χ3n) is 10.8. The second-order valence-corrected chi connectivity index (χ2v) is 16.1. The number of piperidine rings is 1. The summed E-state index contributed by atoms with van der Waals surface area (Å²) in [5.41, 5.74) is 4.87. The molecule has 272 valence electrons. The number of aromatic nitrogens is 1. The van der Waals surface area contributed by atoms with Crippen molar-refractivity contribution in [2.24, 2.45) is 5.41 Å². The van der Waals surface area contributed by atoms with Gasteiger partial charge < -0.3 is 25.6 Å². The van der Waals surface area contributed by atoms with Crippen LogP contribution in [0.4, 0.5) is 17.1 Å². The van der Waals surface area contributed by atoms with E-state index >= 15 is 0 Å². The van der Waals surface area contributed by atoms with Gasteiger partial charge in [0.2, 0.25) is 0 Å². The normalized spacial score (nSPS) is 20.5. The Morgan fingerprint density at radius 2 is 1.68 bits per heavy atom. The molecule has 0 saturated carbocycles. The Kier molecular flexibility index (Phi) is 9.40. The van der Waals surface area contributed by atoms with Crippen LogP contribution in [0, 0.1) is 5.41 Å². The Morgan fingerprint density at radius 1 is 0.943 bits per heavy atom. The number of amides is 3. The highest BCUT2D eigenvalue weighted by molar-refractivity contribution is 7.17. The second-order valence-electron chi connectivity index (χ2n) is 14.3. The van der Waals surface area contributed by atoms with Gasteiger partial charge in [-0.05, 0) is 105 Å². The number of nitrogens with one attached hydrogen (secondary N) is 3. The first-order chi connectivity index (χ1) is 25.5. The van der Waals surface area contributed by atoms with Gasteiger partial charge in [0.15, 0.2) is 0 Å². The van der Waals surface area contributed by atoms with Gasteiger partial charge in [0.1, 0.15) is 11.4 Å². The average Bonchev–Trinajstić information content (AvgIpc) is 3.52. The molecule has 8 rings (SSSR count). The molecule has 10 nitrogen and oxygen atoms in total. The quantitative estimate of drug-likeness (QED) is 0.184. The Bertz CT molecular complexity index is 2170. The number of carbonyl (C=O) groups is 3. The fraction of sp³-hybridized carbons (Fsp3) is 0.300. The molecule has 13 heteroatoms. The minimum atomic E-state index is -0.657. The van der Waals surface area contributed by atoms with E-state index in [9.17, 15) is 14.4 Å². The van der Waals surface area contributed by atoms with Crippen molar-refractivity contribution in [1.29, 1.82) is 0 Å². The number of benzene rings is 2. The topological polar surface area (TPSA) is 116 Å². The summed E-state index contributed by atoms with van der Waals surface area (Å²) < 4.78 is 5.52. The van der Waals surface area contributed by atoms with Crippen molar-refractivity contribution in [2.45, 2.75) is 38.8 Å². The number of pyridine rings is 1. The van der Waals surface area contributed by atoms with Gasteiger partial charge in [-0.15, -0.1) is 11.3 Å². The molecule has 2 aromatic heterocycles. The zero-order chi connectivity index (χ0) is 36.9. The number of ether oxygens (including phenoxy) is 1. The van der Waals surface area contributed by atoms with Crippen LogP contribution >= 0.6 is 34.5 Å². The Hall–Kier alpha value is -4.52. The fourth-order valence-electron chi connectivity index (χ4n) is 7.52. The number of fused-ring (bicyclic) bond motifs is 3. The van der Waals surface area contributed by atoms with Crippen molar-refractivity contribution in [1.82, 2.24) is 15.2 Å². The largest absolute Gasteiger partial charge is 0.380 e. The molecule has 0 aliphatic carbocycles. The van der Waals surface area contributed by atoms with Gasteiger partial charge in [0.05, 0.1) is 50.0 Å². The monoisotopic (exact) mass is 768 g/mol. The van der Waals surface area contributed by atoms with Crippen LogP contribution in [0.25, 0.3) is 10.6 Å². The van der Waals surface area contributed by atoms with Crippen LogP contribution in [0.5, 0.6) is 0 Å². The molecule has 1 unspecified atom stereocenters. The standard InChI is InChI=1S/C40H38Cl2N6O4S/c1-24-19-28(39(2,44-21-24)47-17-13-40(14-18-47)22-52-23-40)36(49)45-27-10-8-25(9-11-27)38(51)48-16-12-26-20-32(53-35(26)34-31(48)7-4-15-43-34)37(50)46-33-29(41)5-3-6-30(33)42/h3-11,15,19-21,44H,12-14,16-18,22-23H2,1-2H3,(H,45,49)(H,46,50). The van der Waals surface area contributed by atoms with E-state index in [1.54, 1.807) is 59.6 Å². The number of hydrogen-bond donors (Lipinski definition) is 3. The van der Waals surface area contributed by atoms with Crippen LogP contribution in [0.1, 0.15) is 52.3 Å². The summed E-state index contributed by atoms with van der Waals surface area (Å²) in [6.45, 7) is 7.82. The summed E-state index contributed by atoms with van der Waals surface area (Å²) in [5.74, 6) is -0.710. The number of dihydropyridines is 1. The smallest absolute Gasteiger partial charge is 0.265 e. The number of hydrogen-bond acceptors (Lipinski definition) is 8. The molecular weight excluding hydrogens is 731 g/mol. The number of likely N-dealkylation sites (tertiary alicyclic amines) is 1. The molecule has 2 fully saturated rings. The van der Waals surface area contributed by atoms with Crippen molar-refractivity contribution in [3.05, 3.63) is 116 Å². The molecule has 53 heavy (non-hydrogen) atoms. The van der Waals surface area contributed by atoms with Gasteiger partial charge in [-0.1, -0.05) is 29.3 Å². The van der Waals surface area contributed by atoms with Gasteiger partial charge in [-0.25, -0.2) is 0 Å². The molecule has 0 bridgehead atoms. The first-order valence-electron chi connectivity index (χ1n) is 17.6. The van der Waals surface area contributed by atoms with E-state index in [4.69, 9.17) is 27.9 Å². The zero-order valence-electron chi connectivity index (χ0n) is 29.3. The van der Waals surface area contributed by atoms with Crippen LogP contribution in [-0.4, -0.2) is 66.1 Å². The third-order valence-corrected chi connectivity index (χ3v) is 12.6. The summed E-state index contributed by atoms with van der Waals surface area (Å²) >= 11 is 13.9. The molecule has 3 amide bonds. The third kappa shape index (κ3) is 6.65. The second kappa shape index (κ2) is 14.0. The highest BCUT2D eigenvalue weighted by Gasteiger charge is 2.47. The number of halogens is 2. The van der Waals surface area contributed by atoms with E-state index in [2.05, 4.69) is 32.8 Å². The van der Waals surface area contributed by atoms with Crippen LogP contribution in [-0.2, 0) is 16.0 Å². The number of thiophene rings is 1. The van der Waals surface area contributed by atoms with Crippen LogP contribution in [0.3, 0.4) is 0 Å². The lowest BCUT2D eigenvalue weighted by Gasteiger charge is -2.52. The van der Waals surface area contributed by atoms with Crippen molar-refractivity contribution in [3.63, 3.8) is 0 Å². The van der Waals surface area contributed by atoms with Crippen LogP contribution in [0.15, 0.2) is 90.3 Å². The fourth-order valence-corrected chi connectivity index (χ4v) is 9.12. The lowest BCUT2D eigenvalue weighted by molar-refractivity contribution is -0.147. The molecular formula is C40H38Cl2N6O4S. The minimum absolute atomic E-state index is 0.189. The van der Waals surface area contributed by atoms with Gasteiger partial charge in [-0.3, -0.25) is 24.3 Å². The van der Waals surface area contributed by atoms with Crippen LogP contribution in [0.2, 0.25) is 10.0 Å². The number of para-hydroxylation sites is 1. The van der Waals surface area contributed by atoms with Gasteiger partial charge in [0, 0.05) is 48.7 Å². The van der Waals surface area contributed by atoms with Gasteiger partial charge in [-0.2, -0.15) is 0 Å². The average molecular weight is 770 g/mol. The molecule has 0 radical (unpaired) electrons. The molecule has 3 N–H and O–H groups in total. The number of nitrogens with zero attached hydrogens (tertiary/aromatic N) is 3. The molecule has 4 aliphatic heterocycles. The minimum Gasteiger partial charge on any atom is -0.380 e. The number of carbonyl (C=O) groups excluding carboxylic acids is 3. The van der Waals surface area contributed by atoms with Crippen LogP contribution < -0.4 is 20.9 Å². The Morgan fingerprint density at radius 3 is 2.38 bits per heavy atom. The lowest BCUT2D eigenvalue weighted by atomic mass is 9.75. The molecule has 4 aliphatic rings. The molecule has 1 atom stereocenters. The zero-order valence-corrected chi connectivity index (χ0v) is 31.6. The number of allylic oxidation sites excluding steroid dienone is 2. The van der Waals surface area contributed by atoms with E-state index in [0.29, 0.717) is 61.8 Å². The SMILES string of the molecule is CC1=CNC(C)(N2CCC3(CC2)COC3)C(C(=O)Nc2ccc(C(=O)N3CCc4cc(C(=O)Nc5c(Cl)cccc5Cl)sc4-c4ncccc43)cc2)=C1. The highest BCUT2D eigenvalue weighted by atomic mass is 35.5. The first kappa shape index (κ1) is 35.5. The number of rotatable bonds is 6. The predicted molar refractivity (Wildman–Crippen MR) is 210 cm³/mol. The predicted octanol–water partition coefficient (Wildman–Crippen LogP) is 7.77. The maximum atomic E-state index is 14.1. The van der Waals surface area contributed by atoms with Crippen molar-refractivity contribution < 1.29 is 19.1 Å². The van der Waals surface area contributed by atoms with E-state index in [0.717, 1.165) is 55.2 Å². The van der Waals surface area contributed by atoms with E-state index in [-0.39, 0.29) is 23.1 Å². The highest BCUT2D eigenvalue weighted by Crippen LogP contribution is 2.43. The summed E-state index contributed by atoms with van der Waals surface area (Å²) in [5, 5.41) is 10.1. The van der Waals surface area contributed by atoms with E-state index < -0.39 is 5.66 Å². The molecule has 1 spiro atoms. The van der Waals surface area contributed by atoms with Gasteiger partial charge >= 0.3 is 0 Å². The Balaban J connectivity index is 0.974. The molecule has 4 aromatic rings. The molecule has 2 aromatic carbocycles.